The van der Waals surface area contributed by atoms with E-state index in [4.69, 9.17) is 4.52 Å². The van der Waals surface area contributed by atoms with Crippen molar-refractivity contribution < 1.29 is 4.52 Å². The SMILES string of the molecule is Cc1ccc(-c2noc(CSc3nncn3-c3ccccc3)n2)cc1. The Bertz CT molecular complexity index is 963. The standard InChI is InChI=1S/C18H15N5OS/c1-13-7-9-14(10-8-13)17-20-16(24-22-17)11-25-18-21-19-12-23(18)15-5-3-2-4-6-15/h2-10,12H,11H2,1H3. The van der Waals surface area contributed by atoms with Crippen LogP contribution in [0.25, 0.3) is 17.1 Å². The maximum atomic E-state index is 5.35. The van der Waals surface area contributed by atoms with E-state index in [2.05, 4.69) is 20.3 Å². The summed E-state index contributed by atoms with van der Waals surface area (Å²) < 4.78 is 7.29. The maximum absolute atomic E-state index is 5.35. The summed E-state index contributed by atoms with van der Waals surface area (Å²) in [4.78, 5) is 4.46. The molecule has 0 atom stereocenters. The first-order valence-electron chi connectivity index (χ1n) is 7.77. The Kier molecular flexibility index (Phi) is 4.30. The lowest BCUT2D eigenvalue weighted by molar-refractivity contribution is 0.391. The minimum absolute atomic E-state index is 0.532. The van der Waals surface area contributed by atoms with Crippen LogP contribution in [0, 0.1) is 6.92 Å². The normalized spacial score (nSPS) is 10.9. The molecule has 4 rings (SSSR count). The molecule has 0 aliphatic carbocycles. The van der Waals surface area contributed by atoms with Gasteiger partial charge in [0.2, 0.25) is 11.7 Å². The van der Waals surface area contributed by atoms with Gasteiger partial charge in [-0.3, -0.25) is 4.57 Å². The van der Waals surface area contributed by atoms with E-state index in [0.717, 1.165) is 16.4 Å². The number of benzene rings is 2. The van der Waals surface area contributed by atoms with Gasteiger partial charge >= 0.3 is 0 Å². The Balaban J connectivity index is 1.48. The summed E-state index contributed by atoms with van der Waals surface area (Å²) in [5.74, 6) is 1.69. The second kappa shape index (κ2) is 6.90. The molecule has 6 nitrogen and oxygen atoms in total. The number of rotatable bonds is 5. The van der Waals surface area contributed by atoms with Gasteiger partial charge in [0, 0.05) is 11.3 Å². The van der Waals surface area contributed by atoms with Gasteiger partial charge in [-0.05, 0) is 19.1 Å². The molecule has 25 heavy (non-hydrogen) atoms. The van der Waals surface area contributed by atoms with Crippen LogP contribution in [0.2, 0.25) is 0 Å². The van der Waals surface area contributed by atoms with Gasteiger partial charge < -0.3 is 4.52 Å². The van der Waals surface area contributed by atoms with E-state index in [0.29, 0.717) is 17.5 Å². The second-order valence-corrected chi connectivity index (χ2v) is 6.43. The highest BCUT2D eigenvalue weighted by Gasteiger charge is 2.12. The molecular formula is C18H15N5OS. The highest BCUT2D eigenvalue weighted by Crippen LogP contribution is 2.24. The van der Waals surface area contributed by atoms with Crippen LogP contribution < -0.4 is 0 Å². The van der Waals surface area contributed by atoms with E-state index in [-0.39, 0.29) is 0 Å². The lowest BCUT2D eigenvalue weighted by Gasteiger charge is -2.04. The summed E-state index contributed by atoms with van der Waals surface area (Å²) in [5, 5.41) is 13.0. The topological polar surface area (TPSA) is 69.6 Å². The fraction of sp³-hybridized carbons (Fsp3) is 0.111. The van der Waals surface area contributed by atoms with Gasteiger partial charge in [0.1, 0.15) is 6.33 Å². The van der Waals surface area contributed by atoms with Gasteiger partial charge in [0.25, 0.3) is 0 Å². The summed E-state index contributed by atoms with van der Waals surface area (Å²) in [5.41, 5.74) is 3.15. The van der Waals surface area contributed by atoms with Gasteiger partial charge in [0.15, 0.2) is 5.16 Å². The fourth-order valence-corrected chi connectivity index (χ4v) is 3.11. The molecule has 0 spiro atoms. The lowest BCUT2D eigenvalue weighted by atomic mass is 10.1. The van der Waals surface area contributed by atoms with Gasteiger partial charge in [-0.25, -0.2) is 0 Å². The molecule has 2 aromatic carbocycles. The van der Waals surface area contributed by atoms with Crippen LogP contribution in [0.1, 0.15) is 11.5 Å². The molecule has 0 amide bonds. The monoisotopic (exact) mass is 349 g/mol. The van der Waals surface area contributed by atoms with Crippen LogP contribution in [0.15, 0.2) is 70.6 Å². The third-order valence-electron chi connectivity index (χ3n) is 3.65. The van der Waals surface area contributed by atoms with Crippen molar-refractivity contribution >= 4 is 11.8 Å². The van der Waals surface area contributed by atoms with E-state index in [9.17, 15) is 0 Å². The van der Waals surface area contributed by atoms with Crippen molar-refractivity contribution in [2.45, 2.75) is 17.8 Å². The molecular weight excluding hydrogens is 334 g/mol. The van der Waals surface area contributed by atoms with Crippen LogP contribution in [0.3, 0.4) is 0 Å². The molecule has 0 saturated heterocycles. The molecule has 0 saturated carbocycles. The van der Waals surface area contributed by atoms with E-state index in [1.165, 1.54) is 17.3 Å². The average molecular weight is 349 g/mol. The first-order chi connectivity index (χ1) is 12.3. The molecule has 0 aliphatic rings. The van der Waals surface area contributed by atoms with E-state index < -0.39 is 0 Å². The zero-order valence-electron chi connectivity index (χ0n) is 13.5. The van der Waals surface area contributed by atoms with E-state index in [1.54, 1.807) is 6.33 Å². The van der Waals surface area contributed by atoms with Crippen molar-refractivity contribution in [2.75, 3.05) is 0 Å². The van der Waals surface area contributed by atoms with Crippen molar-refractivity contribution in [3.63, 3.8) is 0 Å². The summed E-state index contributed by atoms with van der Waals surface area (Å²) in [6.07, 6.45) is 1.70. The van der Waals surface area contributed by atoms with Gasteiger partial charge in [-0.15, -0.1) is 10.2 Å². The highest BCUT2D eigenvalue weighted by molar-refractivity contribution is 7.98. The number of aryl methyl sites for hydroxylation is 1. The summed E-state index contributed by atoms with van der Waals surface area (Å²) in [7, 11) is 0. The second-order valence-electron chi connectivity index (χ2n) is 5.49. The number of hydrogen-bond donors (Lipinski definition) is 0. The third-order valence-corrected chi connectivity index (χ3v) is 4.58. The van der Waals surface area contributed by atoms with Crippen LogP contribution in [0.5, 0.6) is 0 Å². The molecule has 2 heterocycles. The number of nitrogens with zero attached hydrogens (tertiary/aromatic N) is 5. The molecule has 0 aliphatic heterocycles. The minimum Gasteiger partial charge on any atom is -0.338 e. The molecule has 124 valence electrons. The first-order valence-corrected chi connectivity index (χ1v) is 8.76. The number of para-hydroxylation sites is 1. The fourth-order valence-electron chi connectivity index (χ4n) is 2.35. The zero-order valence-corrected chi connectivity index (χ0v) is 14.3. The van der Waals surface area contributed by atoms with Gasteiger partial charge in [-0.2, -0.15) is 4.98 Å². The molecule has 4 aromatic rings. The Labute approximate surface area is 148 Å². The molecule has 0 bridgehead atoms. The van der Waals surface area contributed by atoms with Crippen LogP contribution >= 0.6 is 11.8 Å². The predicted octanol–water partition coefficient (Wildman–Crippen LogP) is 3.92. The van der Waals surface area contributed by atoms with E-state index in [1.807, 2.05) is 66.1 Å². The summed E-state index contributed by atoms with van der Waals surface area (Å²) >= 11 is 1.51. The minimum atomic E-state index is 0.532. The Hall–Kier alpha value is -2.93. The highest BCUT2D eigenvalue weighted by atomic mass is 32.2. The molecule has 0 N–H and O–H groups in total. The molecule has 2 aromatic heterocycles. The largest absolute Gasteiger partial charge is 0.338 e. The number of hydrogen-bond acceptors (Lipinski definition) is 6. The number of aromatic nitrogens is 5. The van der Waals surface area contributed by atoms with Gasteiger partial charge in [-0.1, -0.05) is 64.9 Å². The summed E-state index contributed by atoms with van der Waals surface area (Å²) in [6.45, 7) is 2.05. The first kappa shape index (κ1) is 15.6. The average Bonchev–Trinajstić information content (AvgIpc) is 3.31. The molecule has 0 unspecified atom stereocenters. The van der Waals surface area contributed by atoms with Crippen molar-refractivity contribution in [2.24, 2.45) is 0 Å². The molecule has 7 heteroatoms. The summed E-state index contributed by atoms with van der Waals surface area (Å²) in [6, 6.07) is 18.0. The van der Waals surface area contributed by atoms with Crippen molar-refractivity contribution in [3.8, 4) is 17.1 Å². The molecule has 0 radical (unpaired) electrons. The lowest BCUT2D eigenvalue weighted by Crippen LogP contribution is -1.95. The van der Waals surface area contributed by atoms with Crippen molar-refractivity contribution in [1.82, 2.24) is 24.9 Å². The Morgan fingerprint density at radius 3 is 2.64 bits per heavy atom. The van der Waals surface area contributed by atoms with E-state index >= 15 is 0 Å². The number of thioether (sulfide) groups is 1. The maximum Gasteiger partial charge on any atom is 0.237 e. The molecule has 0 fully saturated rings. The van der Waals surface area contributed by atoms with Crippen LogP contribution in [-0.2, 0) is 5.75 Å². The Morgan fingerprint density at radius 2 is 1.84 bits per heavy atom. The van der Waals surface area contributed by atoms with Crippen molar-refractivity contribution in [1.29, 1.82) is 0 Å². The Morgan fingerprint density at radius 1 is 1.04 bits per heavy atom. The van der Waals surface area contributed by atoms with Crippen LogP contribution in [0.4, 0.5) is 0 Å². The third kappa shape index (κ3) is 3.46. The quantitative estimate of drug-likeness (QED) is 0.509. The predicted molar refractivity (Wildman–Crippen MR) is 95.4 cm³/mol. The smallest absolute Gasteiger partial charge is 0.237 e. The van der Waals surface area contributed by atoms with Crippen LogP contribution in [-0.4, -0.2) is 24.9 Å². The van der Waals surface area contributed by atoms with Crippen molar-refractivity contribution in [3.05, 3.63) is 72.4 Å². The zero-order chi connectivity index (χ0) is 17.1. The van der Waals surface area contributed by atoms with Gasteiger partial charge in [0.05, 0.1) is 5.75 Å².